The average molecular weight is 193 g/mol. The Labute approximate surface area is 83.8 Å². The lowest BCUT2D eigenvalue weighted by atomic mass is 10.1. The fourth-order valence-corrected chi connectivity index (χ4v) is 1.20. The SMILES string of the molecule is CC(=N)c1ccc(OCCO)c(C)c1. The maximum absolute atomic E-state index is 8.60. The number of benzene rings is 1. The minimum Gasteiger partial charge on any atom is -0.491 e. The van der Waals surface area contributed by atoms with Gasteiger partial charge in [0, 0.05) is 5.71 Å². The van der Waals surface area contributed by atoms with E-state index in [1.54, 1.807) is 6.92 Å². The number of aliphatic hydroxyl groups is 1. The Kier molecular flexibility index (Phi) is 3.65. The predicted octanol–water partition coefficient (Wildman–Crippen LogP) is 1.75. The number of ether oxygens (including phenoxy) is 1. The molecule has 3 nitrogen and oxygen atoms in total. The zero-order valence-electron chi connectivity index (χ0n) is 8.50. The number of aliphatic hydroxyl groups excluding tert-OH is 1. The first kappa shape index (κ1) is 10.7. The van der Waals surface area contributed by atoms with Crippen molar-refractivity contribution in [2.75, 3.05) is 13.2 Å². The molecule has 0 spiro atoms. The van der Waals surface area contributed by atoms with Crippen LogP contribution >= 0.6 is 0 Å². The molecule has 76 valence electrons. The summed E-state index contributed by atoms with van der Waals surface area (Å²) in [6, 6.07) is 5.59. The molecule has 1 rings (SSSR count). The molecule has 0 amide bonds. The average Bonchev–Trinajstić information content (AvgIpc) is 2.15. The maximum Gasteiger partial charge on any atom is 0.122 e. The summed E-state index contributed by atoms with van der Waals surface area (Å²) in [4.78, 5) is 0. The Bertz CT molecular complexity index is 334. The fraction of sp³-hybridized carbons (Fsp3) is 0.364. The topological polar surface area (TPSA) is 53.3 Å². The van der Waals surface area contributed by atoms with Gasteiger partial charge in [-0.25, -0.2) is 0 Å². The van der Waals surface area contributed by atoms with E-state index >= 15 is 0 Å². The van der Waals surface area contributed by atoms with Crippen molar-refractivity contribution in [2.45, 2.75) is 13.8 Å². The molecule has 1 aromatic carbocycles. The fourth-order valence-electron chi connectivity index (χ4n) is 1.20. The lowest BCUT2D eigenvalue weighted by molar-refractivity contribution is 0.200. The molecule has 0 aliphatic rings. The second kappa shape index (κ2) is 4.77. The van der Waals surface area contributed by atoms with Crippen LogP contribution < -0.4 is 4.74 Å². The first-order valence-corrected chi connectivity index (χ1v) is 4.55. The zero-order chi connectivity index (χ0) is 10.6. The molecule has 0 atom stereocenters. The molecule has 3 heteroatoms. The van der Waals surface area contributed by atoms with Crippen LogP contribution in [0.1, 0.15) is 18.1 Å². The van der Waals surface area contributed by atoms with Gasteiger partial charge in [0.15, 0.2) is 0 Å². The largest absolute Gasteiger partial charge is 0.491 e. The first-order valence-electron chi connectivity index (χ1n) is 4.55. The summed E-state index contributed by atoms with van der Waals surface area (Å²) < 4.78 is 5.30. The number of nitrogens with one attached hydrogen (secondary N) is 1. The predicted molar refractivity (Wildman–Crippen MR) is 56.3 cm³/mol. The molecule has 0 radical (unpaired) electrons. The van der Waals surface area contributed by atoms with E-state index in [0.29, 0.717) is 12.3 Å². The van der Waals surface area contributed by atoms with Crippen LogP contribution in [-0.4, -0.2) is 24.0 Å². The number of rotatable bonds is 4. The van der Waals surface area contributed by atoms with Gasteiger partial charge in [-0.1, -0.05) is 0 Å². The summed E-state index contributed by atoms with van der Waals surface area (Å²) >= 11 is 0. The van der Waals surface area contributed by atoms with Gasteiger partial charge in [0.25, 0.3) is 0 Å². The van der Waals surface area contributed by atoms with Gasteiger partial charge >= 0.3 is 0 Å². The van der Waals surface area contributed by atoms with Crippen LogP contribution in [0.5, 0.6) is 5.75 Å². The lowest BCUT2D eigenvalue weighted by Gasteiger charge is -2.08. The van der Waals surface area contributed by atoms with Gasteiger partial charge in [0.2, 0.25) is 0 Å². The summed E-state index contributed by atoms with van der Waals surface area (Å²) in [6.45, 7) is 4.01. The summed E-state index contributed by atoms with van der Waals surface area (Å²) in [5.74, 6) is 0.768. The van der Waals surface area contributed by atoms with Gasteiger partial charge in [0.1, 0.15) is 12.4 Å². The second-order valence-electron chi connectivity index (χ2n) is 3.18. The van der Waals surface area contributed by atoms with Gasteiger partial charge in [-0.2, -0.15) is 0 Å². The zero-order valence-corrected chi connectivity index (χ0v) is 8.50. The van der Waals surface area contributed by atoms with Crippen LogP contribution in [0.15, 0.2) is 18.2 Å². The van der Waals surface area contributed by atoms with Crippen molar-refractivity contribution in [3.63, 3.8) is 0 Å². The summed E-state index contributed by atoms with van der Waals surface area (Å²) in [7, 11) is 0. The number of hydrogen-bond acceptors (Lipinski definition) is 3. The quantitative estimate of drug-likeness (QED) is 0.716. The van der Waals surface area contributed by atoms with Crippen molar-refractivity contribution in [3.05, 3.63) is 29.3 Å². The van der Waals surface area contributed by atoms with E-state index in [1.165, 1.54) is 0 Å². The second-order valence-corrected chi connectivity index (χ2v) is 3.18. The van der Waals surface area contributed by atoms with Gasteiger partial charge < -0.3 is 15.3 Å². The van der Waals surface area contributed by atoms with Crippen LogP contribution in [0.3, 0.4) is 0 Å². The highest BCUT2D eigenvalue weighted by Crippen LogP contribution is 2.19. The molecule has 0 bridgehead atoms. The van der Waals surface area contributed by atoms with Gasteiger partial charge in [0.05, 0.1) is 6.61 Å². The normalized spacial score (nSPS) is 9.93. The van der Waals surface area contributed by atoms with E-state index in [4.69, 9.17) is 15.3 Å². The van der Waals surface area contributed by atoms with Crippen LogP contribution in [0.2, 0.25) is 0 Å². The summed E-state index contributed by atoms with van der Waals surface area (Å²) in [5, 5.41) is 16.1. The van der Waals surface area contributed by atoms with Gasteiger partial charge in [-0.05, 0) is 43.2 Å². The van der Waals surface area contributed by atoms with E-state index < -0.39 is 0 Å². The van der Waals surface area contributed by atoms with Crippen LogP contribution in [-0.2, 0) is 0 Å². The Balaban J connectivity index is 2.84. The molecule has 0 saturated carbocycles. The van der Waals surface area contributed by atoms with Crippen molar-refractivity contribution in [2.24, 2.45) is 0 Å². The van der Waals surface area contributed by atoms with Gasteiger partial charge in [-0.15, -0.1) is 0 Å². The van der Waals surface area contributed by atoms with E-state index in [0.717, 1.165) is 16.9 Å². The molecule has 0 fully saturated rings. The Morgan fingerprint density at radius 2 is 2.21 bits per heavy atom. The molecule has 0 aliphatic heterocycles. The van der Waals surface area contributed by atoms with E-state index in [1.807, 2.05) is 25.1 Å². The minimum absolute atomic E-state index is 0.0186. The molecule has 0 saturated heterocycles. The number of aryl methyl sites for hydroxylation is 1. The van der Waals surface area contributed by atoms with Crippen molar-refractivity contribution in [1.82, 2.24) is 0 Å². The smallest absolute Gasteiger partial charge is 0.122 e. The molecule has 14 heavy (non-hydrogen) atoms. The maximum atomic E-state index is 8.60. The van der Waals surface area contributed by atoms with Crippen LogP contribution in [0, 0.1) is 12.3 Å². The van der Waals surface area contributed by atoms with Crippen molar-refractivity contribution in [3.8, 4) is 5.75 Å². The Morgan fingerprint density at radius 3 is 2.71 bits per heavy atom. The molecule has 0 unspecified atom stereocenters. The summed E-state index contributed by atoms with van der Waals surface area (Å²) in [5.41, 5.74) is 2.43. The minimum atomic E-state index is 0.0186. The highest BCUT2D eigenvalue weighted by atomic mass is 16.5. The monoisotopic (exact) mass is 193 g/mol. The van der Waals surface area contributed by atoms with Crippen LogP contribution in [0.25, 0.3) is 0 Å². The lowest BCUT2D eigenvalue weighted by Crippen LogP contribution is -2.03. The third-order valence-electron chi connectivity index (χ3n) is 1.96. The molecular weight excluding hydrogens is 178 g/mol. The Hall–Kier alpha value is -1.35. The van der Waals surface area contributed by atoms with Gasteiger partial charge in [-0.3, -0.25) is 0 Å². The molecule has 0 heterocycles. The highest BCUT2D eigenvalue weighted by Gasteiger charge is 2.01. The van der Waals surface area contributed by atoms with Crippen LogP contribution in [0.4, 0.5) is 0 Å². The molecular formula is C11H15NO2. The van der Waals surface area contributed by atoms with E-state index in [-0.39, 0.29) is 6.61 Å². The summed E-state index contributed by atoms with van der Waals surface area (Å²) in [6.07, 6.45) is 0. The molecule has 2 N–H and O–H groups in total. The van der Waals surface area contributed by atoms with E-state index in [9.17, 15) is 0 Å². The molecule has 0 aliphatic carbocycles. The van der Waals surface area contributed by atoms with Crippen molar-refractivity contribution in [1.29, 1.82) is 5.41 Å². The molecule has 0 aromatic heterocycles. The Morgan fingerprint density at radius 1 is 1.50 bits per heavy atom. The number of hydrogen-bond donors (Lipinski definition) is 2. The molecule has 1 aromatic rings. The third-order valence-corrected chi connectivity index (χ3v) is 1.96. The first-order chi connectivity index (χ1) is 6.65. The van der Waals surface area contributed by atoms with Crippen molar-refractivity contribution < 1.29 is 9.84 Å². The highest BCUT2D eigenvalue weighted by molar-refractivity contribution is 5.96. The van der Waals surface area contributed by atoms with Crippen molar-refractivity contribution >= 4 is 5.71 Å². The standard InChI is InChI=1S/C11H15NO2/c1-8-7-10(9(2)12)3-4-11(8)14-6-5-13/h3-4,7,12-13H,5-6H2,1-2H3. The third kappa shape index (κ3) is 2.57. The van der Waals surface area contributed by atoms with E-state index in [2.05, 4.69) is 0 Å².